The number of aliphatic hydroxyl groups is 8. The van der Waals surface area contributed by atoms with Crippen molar-refractivity contribution < 1.29 is 74.4 Å². The van der Waals surface area contributed by atoms with Crippen molar-refractivity contribution in [3.05, 3.63) is 46.6 Å². The maximum atomic E-state index is 12.0. The number of aliphatic hydroxyl groups excluding tert-OH is 8. The predicted molar refractivity (Wildman–Crippen MR) is 459 cm³/mol. The van der Waals surface area contributed by atoms with Gasteiger partial charge in [0.05, 0.1) is 24.0 Å². The highest BCUT2D eigenvalue weighted by Gasteiger charge is 2.47. The van der Waals surface area contributed by atoms with E-state index in [2.05, 4.69) is 173 Å². The summed E-state index contributed by atoms with van der Waals surface area (Å²) >= 11 is 0. The minimum absolute atomic E-state index is 0. The lowest BCUT2D eigenvalue weighted by molar-refractivity contribution is -0.139. The van der Waals surface area contributed by atoms with E-state index in [1.807, 2.05) is 46.8 Å². The highest BCUT2D eigenvalue weighted by Crippen LogP contribution is 2.48. The van der Waals surface area contributed by atoms with E-state index >= 15 is 0 Å². The van der Waals surface area contributed by atoms with Crippen molar-refractivity contribution in [3.8, 4) is 0 Å². The summed E-state index contributed by atoms with van der Waals surface area (Å²) in [5.74, 6) is 1.41. The van der Waals surface area contributed by atoms with Crippen molar-refractivity contribution in [2.45, 2.75) is 373 Å². The Morgan fingerprint density at radius 2 is 0.606 bits per heavy atom. The smallest absolute Gasteiger partial charge is 0.166 e. The predicted octanol–water partition coefficient (Wildman–Crippen LogP) is 20.5. The van der Waals surface area contributed by atoms with Crippen molar-refractivity contribution >= 4 is 40.5 Å². The van der Waals surface area contributed by atoms with Crippen LogP contribution in [-0.2, 0) is 33.6 Å². The van der Waals surface area contributed by atoms with Crippen molar-refractivity contribution in [2.24, 2.45) is 107 Å². The fourth-order valence-electron chi connectivity index (χ4n) is 11.5. The van der Waals surface area contributed by atoms with Gasteiger partial charge in [-0.1, -0.05) is 325 Å². The van der Waals surface area contributed by atoms with Gasteiger partial charge in [-0.25, -0.2) is 0 Å². The molecule has 0 radical (unpaired) electrons. The van der Waals surface area contributed by atoms with E-state index in [1.165, 1.54) is 24.0 Å². The fraction of sp³-hybridized carbons (Fsp3) is 0.840. The summed E-state index contributed by atoms with van der Waals surface area (Å²) in [6.45, 7) is 78.5. The first kappa shape index (κ1) is 116. The number of ketones is 7. The van der Waals surface area contributed by atoms with Crippen LogP contribution in [0.2, 0.25) is 0 Å². The van der Waals surface area contributed by atoms with Gasteiger partial charge in [0, 0.05) is 64.6 Å². The molecule has 0 unspecified atom stereocenters. The number of carbonyl (C=O) groups is 7. The third kappa shape index (κ3) is 42.0. The number of allylic oxidation sites excluding steroid dienone is 8. The SMILES string of the molecule is C.CC(C)(C)C1=CC(=O)C(C)(C)C1.CC(C)(C)C1=CC(=O)[C@@](C)(CO)C1.CC(C)CC[C@@H](CO)[C@@H](O)C(=O)C(C)(C)C.CC(C)CC[C@@H](CO)[C@H](O)C(=O)C(C)(C)C.CC(C)CC[C@H](CO)[C@@H](O)C(=O)C(C)(C)C.CC(C)[C@@]1(C)CC(C(C)(C)C)=CC1=O.CC(C)[C@@]1(CO)CC(C(C)(C)C)=CC1=O.CCC.CCC. The Morgan fingerprint density at radius 1 is 0.358 bits per heavy atom. The summed E-state index contributed by atoms with van der Waals surface area (Å²) < 4.78 is 0. The topological polar surface area (TPSA) is 281 Å². The van der Waals surface area contributed by atoms with Gasteiger partial charge < -0.3 is 40.9 Å². The Hall–Kier alpha value is -3.67. The summed E-state index contributed by atoms with van der Waals surface area (Å²) in [6, 6.07) is 0. The molecule has 9 atom stereocenters. The maximum absolute atomic E-state index is 12.0. The van der Waals surface area contributed by atoms with Crippen LogP contribution in [0.4, 0.5) is 0 Å². The molecule has 0 saturated carbocycles. The van der Waals surface area contributed by atoms with Gasteiger partial charge in [0.2, 0.25) is 0 Å². The Labute approximate surface area is 670 Å². The molecule has 0 aromatic carbocycles. The molecule has 0 spiro atoms. The molecule has 4 aliphatic carbocycles. The van der Waals surface area contributed by atoms with Crippen LogP contribution in [0.25, 0.3) is 0 Å². The average molecular weight is 1550 g/mol. The minimum Gasteiger partial charge on any atom is -0.396 e. The largest absolute Gasteiger partial charge is 0.396 e. The number of hydrogen-bond donors (Lipinski definition) is 8. The maximum Gasteiger partial charge on any atom is 0.166 e. The van der Waals surface area contributed by atoms with E-state index in [9.17, 15) is 69.3 Å². The van der Waals surface area contributed by atoms with Gasteiger partial charge in [0.15, 0.2) is 40.5 Å². The molecule has 0 aliphatic heterocycles. The highest BCUT2D eigenvalue weighted by molar-refractivity contribution is 6.00. The summed E-state index contributed by atoms with van der Waals surface area (Å²) in [5.41, 5.74) is 2.22. The minimum atomic E-state index is -1.04. The first-order valence-corrected chi connectivity index (χ1v) is 41.1. The second kappa shape index (κ2) is 50.0. The molecule has 0 amide bonds. The molecule has 0 bridgehead atoms. The number of hydrogen-bond acceptors (Lipinski definition) is 15. The van der Waals surface area contributed by atoms with E-state index in [0.29, 0.717) is 61.6 Å². The third-order valence-electron chi connectivity index (χ3n) is 21.1. The Morgan fingerprint density at radius 3 is 0.752 bits per heavy atom. The van der Waals surface area contributed by atoms with Crippen molar-refractivity contribution in [2.75, 3.05) is 33.0 Å². The highest BCUT2D eigenvalue weighted by atomic mass is 16.3. The van der Waals surface area contributed by atoms with Gasteiger partial charge in [-0.2, -0.15) is 0 Å². The van der Waals surface area contributed by atoms with Gasteiger partial charge >= 0.3 is 0 Å². The van der Waals surface area contributed by atoms with Crippen LogP contribution in [0.15, 0.2) is 46.6 Å². The van der Waals surface area contributed by atoms with Crippen LogP contribution < -0.4 is 0 Å². The number of carbonyl (C=O) groups excluding carboxylic acids is 7. The fourth-order valence-corrected chi connectivity index (χ4v) is 11.5. The molecule has 644 valence electrons. The zero-order valence-corrected chi connectivity index (χ0v) is 77.1. The molecule has 4 rings (SSSR count). The van der Waals surface area contributed by atoms with E-state index in [1.54, 1.807) is 74.5 Å². The molecule has 0 aromatic heterocycles. The van der Waals surface area contributed by atoms with Gasteiger partial charge in [-0.15, -0.1) is 0 Å². The second-order valence-electron chi connectivity index (χ2n) is 41.8. The summed E-state index contributed by atoms with van der Waals surface area (Å²) in [5, 5.41) is 76.0. The van der Waals surface area contributed by atoms with Crippen molar-refractivity contribution in [3.63, 3.8) is 0 Å². The first-order valence-electron chi connectivity index (χ1n) is 41.1. The lowest BCUT2D eigenvalue weighted by atomic mass is 9.72. The monoisotopic (exact) mass is 1550 g/mol. The van der Waals surface area contributed by atoms with Crippen LogP contribution in [0.3, 0.4) is 0 Å². The van der Waals surface area contributed by atoms with Gasteiger partial charge in [-0.05, 0) is 127 Å². The van der Waals surface area contributed by atoms with Crippen molar-refractivity contribution in [1.29, 1.82) is 0 Å². The number of rotatable bonds is 22. The molecule has 15 nitrogen and oxygen atoms in total. The molecule has 109 heavy (non-hydrogen) atoms. The van der Waals surface area contributed by atoms with E-state index in [0.717, 1.165) is 43.3 Å². The van der Waals surface area contributed by atoms with Crippen LogP contribution in [0.1, 0.15) is 355 Å². The van der Waals surface area contributed by atoms with Gasteiger partial charge in [0.25, 0.3) is 0 Å². The number of Topliss-reactive ketones (excluding diaryl/α,β-unsaturated/α-hetero) is 3. The average Bonchev–Trinajstić information content (AvgIpc) is 1.65. The molecule has 0 heterocycles. The Kier molecular flexibility index (Phi) is 53.3. The standard InChI is InChI=1S/3C13H26O3.C13H22O2.C13H22O.C11H18O2.C11H18O.2C3H8.CH4/c3*1-9(2)6-7-10(8-14)11(15)12(16)13(3,4)5;1-9(2)13(8-14)7-10(6-11(13)15)12(3,4)5;1-9(2)13(6)8-10(7-11(13)14)12(3,4)5;1-10(2,3)8-5-9(13)11(4,6-8)7-12;1-10(2,3)8-6-9(12)11(4,5)7-8;2*1-3-2;/h3*9-11,14-15H,6-8H2,1-5H3;6,9,14H,7-8H2,1-5H3;7,9H,8H2,1-6H3;5,12H,6-7H2,1-4H3;6H,7H2,1-5H3;2*3H2,1-2H3;1H4/t10-,11+;2*10-,11-;2*13-;11-;;;;/m010011..../s1. The van der Waals surface area contributed by atoms with Crippen LogP contribution in [0.5, 0.6) is 0 Å². The second-order valence-corrected chi connectivity index (χ2v) is 41.8. The van der Waals surface area contributed by atoms with Gasteiger partial charge in [-0.3, -0.25) is 33.6 Å². The van der Waals surface area contributed by atoms with E-state index in [4.69, 9.17) is 5.11 Å². The quantitative estimate of drug-likeness (QED) is 0.0500. The molecule has 8 N–H and O–H groups in total. The Bertz CT molecular complexity index is 2690. The summed E-state index contributed by atoms with van der Waals surface area (Å²) in [6.07, 6.45) is 14.6. The van der Waals surface area contributed by atoms with Crippen LogP contribution in [0, 0.1) is 107 Å². The normalized spacial score (nSPS) is 20.9. The van der Waals surface area contributed by atoms with Gasteiger partial charge in [0.1, 0.15) is 18.3 Å². The zero-order chi connectivity index (χ0) is 87.1. The van der Waals surface area contributed by atoms with Crippen LogP contribution >= 0.6 is 0 Å². The third-order valence-corrected chi connectivity index (χ3v) is 21.1. The molecular weight excluding hydrogens is 1370 g/mol. The summed E-state index contributed by atoms with van der Waals surface area (Å²) in [7, 11) is 0. The molecule has 0 aromatic rings. The van der Waals surface area contributed by atoms with Crippen LogP contribution in [-0.4, -0.2) is 133 Å². The lowest BCUT2D eigenvalue weighted by Crippen LogP contribution is -2.39. The lowest BCUT2D eigenvalue weighted by Gasteiger charge is -2.32. The first-order chi connectivity index (χ1) is 48.4. The molecule has 15 heteroatoms. The molecule has 0 saturated heterocycles. The van der Waals surface area contributed by atoms with Crippen molar-refractivity contribution in [1.82, 2.24) is 0 Å². The molecule has 4 aliphatic rings. The van der Waals surface area contributed by atoms with E-state index in [-0.39, 0.29) is 131 Å². The summed E-state index contributed by atoms with van der Waals surface area (Å²) in [4.78, 5) is 82.5. The molecular formula is C94H178O15. The van der Waals surface area contributed by atoms with E-state index < -0.39 is 45.4 Å². The molecule has 0 fully saturated rings. The zero-order valence-electron chi connectivity index (χ0n) is 77.1. The Balaban J connectivity index is -0.000000280.